The average molecular weight is 315 g/mol. The van der Waals surface area contributed by atoms with Gasteiger partial charge in [0.1, 0.15) is 11.4 Å². The summed E-state index contributed by atoms with van der Waals surface area (Å²) >= 11 is 0. The molecule has 1 aromatic carbocycles. The van der Waals surface area contributed by atoms with Gasteiger partial charge in [-0.15, -0.1) is 0 Å². The van der Waals surface area contributed by atoms with Crippen LogP contribution < -0.4 is 15.6 Å². The molecule has 122 valence electrons. The summed E-state index contributed by atoms with van der Waals surface area (Å²) in [5, 5.41) is 8.71. The predicted molar refractivity (Wildman–Crippen MR) is 88.0 cm³/mol. The monoisotopic (exact) mass is 315 g/mol. The maximum atomic E-state index is 11.9. The van der Waals surface area contributed by atoms with Gasteiger partial charge in [-0.05, 0) is 35.6 Å². The first-order valence-corrected chi connectivity index (χ1v) is 7.52. The Hall–Kier alpha value is -2.63. The molecule has 0 fully saturated rings. The molecular formula is C17H21N3O3. The van der Waals surface area contributed by atoms with E-state index in [2.05, 4.69) is 35.4 Å². The van der Waals surface area contributed by atoms with Crippen LogP contribution in [-0.4, -0.2) is 29.8 Å². The number of hydrogen-bond donors (Lipinski definition) is 2. The van der Waals surface area contributed by atoms with Crippen molar-refractivity contribution in [2.45, 2.75) is 26.2 Å². The molecule has 1 amide bonds. The lowest BCUT2D eigenvalue weighted by Crippen LogP contribution is -2.27. The topological polar surface area (TPSA) is 84.1 Å². The Morgan fingerprint density at radius 2 is 2.09 bits per heavy atom. The normalized spacial score (nSPS) is 10.6. The van der Waals surface area contributed by atoms with Gasteiger partial charge in [-0.25, -0.2) is 5.10 Å². The Kier molecular flexibility index (Phi) is 5.51. The van der Waals surface area contributed by atoms with Crippen LogP contribution >= 0.6 is 0 Å². The maximum Gasteiger partial charge on any atom is 0.271 e. The Labute approximate surface area is 134 Å². The number of nitrogens with zero attached hydrogens (tertiary/aromatic N) is 1. The van der Waals surface area contributed by atoms with Crippen molar-refractivity contribution in [1.29, 1.82) is 0 Å². The quantitative estimate of drug-likeness (QED) is 0.852. The Morgan fingerprint density at radius 3 is 2.70 bits per heavy atom. The summed E-state index contributed by atoms with van der Waals surface area (Å²) in [5.41, 5.74) is 2.10. The van der Waals surface area contributed by atoms with E-state index < -0.39 is 0 Å². The summed E-state index contributed by atoms with van der Waals surface area (Å²) in [6.45, 7) is 4.72. The van der Waals surface area contributed by atoms with Crippen molar-refractivity contribution in [3.63, 3.8) is 0 Å². The third-order valence-corrected chi connectivity index (χ3v) is 3.57. The number of amides is 1. The summed E-state index contributed by atoms with van der Waals surface area (Å²) in [6, 6.07) is 8.81. The fraction of sp³-hybridized carbons (Fsp3) is 0.353. The van der Waals surface area contributed by atoms with Gasteiger partial charge in [-0.1, -0.05) is 26.0 Å². The number of carbonyl (C=O) groups is 1. The van der Waals surface area contributed by atoms with Crippen LogP contribution in [0.1, 0.15) is 41.4 Å². The van der Waals surface area contributed by atoms with Crippen LogP contribution in [0, 0.1) is 0 Å². The smallest absolute Gasteiger partial charge is 0.271 e. The average Bonchev–Trinajstić information content (AvgIpc) is 2.55. The van der Waals surface area contributed by atoms with E-state index in [-0.39, 0.29) is 17.2 Å². The van der Waals surface area contributed by atoms with Crippen molar-refractivity contribution in [3.05, 3.63) is 57.5 Å². The molecule has 0 spiro atoms. The summed E-state index contributed by atoms with van der Waals surface area (Å²) in [5.74, 6) is 0.940. The molecule has 0 saturated heterocycles. The molecule has 0 aliphatic heterocycles. The van der Waals surface area contributed by atoms with E-state index in [4.69, 9.17) is 4.74 Å². The van der Waals surface area contributed by atoms with Gasteiger partial charge in [0, 0.05) is 12.6 Å². The molecule has 6 nitrogen and oxygen atoms in total. The summed E-state index contributed by atoms with van der Waals surface area (Å²) in [7, 11) is 1.64. The zero-order valence-corrected chi connectivity index (χ0v) is 13.6. The molecule has 6 heteroatoms. The predicted octanol–water partition coefficient (Wildman–Crippen LogP) is 1.87. The minimum atomic E-state index is -0.337. The number of H-pyrrole nitrogens is 1. The molecule has 0 radical (unpaired) electrons. The number of carbonyl (C=O) groups excluding carboxylic acids is 1. The zero-order chi connectivity index (χ0) is 16.8. The molecule has 0 aliphatic carbocycles. The minimum absolute atomic E-state index is 0.187. The van der Waals surface area contributed by atoms with Gasteiger partial charge >= 0.3 is 0 Å². The molecular weight excluding hydrogens is 294 g/mol. The van der Waals surface area contributed by atoms with Crippen LogP contribution in [0.5, 0.6) is 5.75 Å². The SMILES string of the molecule is COc1cc(C(C)C)ccc1CCNC(=O)c1ccc(=O)[nH]n1. The first kappa shape index (κ1) is 16.7. The lowest BCUT2D eigenvalue weighted by atomic mass is 10.00. The maximum absolute atomic E-state index is 11.9. The fourth-order valence-electron chi connectivity index (χ4n) is 2.20. The van der Waals surface area contributed by atoms with Gasteiger partial charge in [-0.2, -0.15) is 5.10 Å². The van der Waals surface area contributed by atoms with Crippen molar-refractivity contribution in [2.24, 2.45) is 0 Å². The molecule has 2 aromatic rings. The number of ether oxygens (including phenoxy) is 1. The van der Waals surface area contributed by atoms with Gasteiger partial charge in [0.15, 0.2) is 0 Å². The highest BCUT2D eigenvalue weighted by Gasteiger charge is 2.09. The van der Waals surface area contributed by atoms with E-state index in [0.717, 1.165) is 11.3 Å². The van der Waals surface area contributed by atoms with Crippen LogP contribution in [0.2, 0.25) is 0 Å². The molecule has 2 rings (SSSR count). The number of benzene rings is 1. The Balaban J connectivity index is 1.97. The van der Waals surface area contributed by atoms with Gasteiger partial charge in [0.25, 0.3) is 11.5 Å². The molecule has 0 unspecified atom stereocenters. The van der Waals surface area contributed by atoms with E-state index >= 15 is 0 Å². The molecule has 0 saturated carbocycles. The molecule has 0 bridgehead atoms. The van der Waals surface area contributed by atoms with Crippen LogP contribution in [0.15, 0.2) is 35.1 Å². The van der Waals surface area contributed by atoms with Crippen molar-refractivity contribution < 1.29 is 9.53 Å². The van der Waals surface area contributed by atoms with Crippen molar-refractivity contribution in [1.82, 2.24) is 15.5 Å². The zero-order valence-electron chi connectivity index (χ0n) is 13.6. The van der Waals surface area contributed by atoms with Crippen molar-refractivity contribution >= 4 is 5.91 Å². The van der Waals surface area contributed by atoms with E-state index in [1.807, 2.05) is 12.1 Å². The molecule has 0 atom stereocenters. The van der Waals surface area contributed by atoms with E-state index in [1.54, 1.807) is 7.11 Å². The molecule has 2 N–H and O–H groups in total. The van der Waals surface area contributed by atoms with Gasteiger partial charge in [0.05, 0.1) is 7.11 Å². The van der Waals surface area contributed by atoms with E-state index in [1.165, 1.54) is 17.7 Å². The first-order valence-electron chi connectivity index (χ1n) is 7.52. The molecule has 0 aliphatic rings. The van der Waals surface area contributed by atoms with Gasteiger partial charge < -0.3 is 10.1 Å². The van der Waals surface area contributed by atoms with E-state index in [9.17, 15) is 9.59 Å². The summed E-state index contributed by atoms with van der Waals surface area (Å²) in [6.07, 6.45) is 0.649. The number of aromatic nitrogens is 2. The van der Waals surface area contributed by atoms with Crippen molar-refractivity contribution in [3.8, 4) is 5.75 Å². The highest BCUT2D eigenvalue weighted by Crippen LogP contribution is 2.24. The summed E-state index contributed by atoms with van der Waals surface area (Å²) in [4.78, 5) is 22.8. The number of methoxy groups -OCH3 is 1. The number of nitrogens with one attached hydrogen (secondary N) is 2. The Morgan fingerprint density at radius 1 is 1.30 bits per heavy atom. The second-order valence-corrected chi connectivity index (χ2v) is 5.54. The standard InChI is InChI=1S/C17H21N3O3/c1-11(2)13-5-4-12(15(10-13)23-3)8-9-18-17(22)14-6-7-16(21)20-19-14/h4-7,10-11H,8-9H2,1-3H3,(H,18,22)(H,20,21). The molecule has 23 heavy (non-hydrogen) atoms. The third-order valence-electron chi connectivity index (χ3n) is 3.57. The number of rotatable bonds is 6. The second kappa shape index (κ2) is 7.58. The van der Waals surface area contributed by atoms with Crippen LogP contribution in [0.4, 0.5) is 0 Å². The highest BCUT2D eigenvalue weighted by molar-refractivity contribution is 5.91. The third kappa shape index (κ3) is 4.42. The van der Waals surface area contributed by atoms with Crippen LogP contribution in [0.3, 0.4) is 0 Å². The fourth-order valence-corrected chi connectivity index (χ4v) is 2.20. The lowest BCUT2D eigenvalue weighted by molar-refractivity contribution is 0.0948. The van der Waals surface area contributed by atoms with Crippen molar-refractivity contribution in [2.75, 3.05) is 13.7 Å². The first-order chi connectivity index (χ1) is 11.0. The lowest BCUT2D eigenvalue weighted by Gasteiger charge is -2.13. The van der Waals surface area contributed by atoms with Gasteiger partial charge in [-0.3, -0.25) is 9.59 Å². The van der Waals surface area contributed by atoms with Gasteiger partial charge in [0.2, 0.25) is 0 Å². The number of hydrogen-bond acceptors (Lipinski definition) is 4. The van der Waals surface area contributed by atoms with E-state index in [0.29, 0.717) is 18.9 Å². The molecule has 1 aromatic heterocycles. The molecule has 1 heterocycles. The Bertz CT molecular complexity index is 718. The number of aromatic amines is 1. The largest absolute Gasteiger partial charge is 0.496 e. The summed E-state index contributed by atoms with van der Waals surface area (Å²) < 4.78 is 5.43. The van der Waals surface area contributed by atoms with Crippen LogP contribution in [-0.2, 0) is 6.42 Å². The second-order valence-electron chi connectivity index (χ2n) is 5.54. The van der Waals surface area contributed by atoms with Crippen LogP contribution in [0.25, 0.3) is 0 Å². The highest BCUT2D eigenvalue weighted by atomic mass is 16.5. The minimum Gasteiger partial charge on any atom is -0.496 e.